The number of amides is 1. The monoisotopic (exact) mass is 276 g/mol. The predicted octanol–water partition coefficient (Wildman–Crippen LogP) is 1.74. The predicted molar refractivity (Wildman–Crippen MR) is 79.9 cm³/mol. The van der Waals surface area contributed by atoms with E-state index in [0.717, 1.165) is 24.3 Å². The fourth-order valence-electron chi connectivity index (χ4n) is 2.81. The molecule has 1 heterocycles. The first-order valence-electron chi connectivity index (χ1n) is 7.26. The summed E-state index contributed by atoms with van der Waals surface area (Å²) >= 11 is 0. The quantitative estimate of drug-likeness (QED) is 0.880. The molecule has 4 nitrogen and oxygen atoms in total. The number of piperidine rings is 1. The Kier molecular flexibility index (Phi) is 5.01. The highest BCUT2D eigenvalue weighted by Gasteiger charge is 2.28. The fourth-order valence-corrected chi connectivity index (χ4v) is 2.81. The van der Waals surface area contributed by atoms with Gasteiger partial charge in [0.15, 0.2) is 0 Å². The van der Waals surface area contributed by atoms with Gasteiger partial charge in [-0.15, -0.1) is 0 Å². The number of rotatable bonds is 4. The van der Waals surface area contributed by atoms with Crippen LogP contribution in [0.15, 0.2) is 24.3 Å². The van der Waals surface area contributed by atoms with E-state index in [0.29, 0.717) is 18.4 Å². The molecule has 1 aliphatic heterocycles. The van der Waals surface area contributed by atoms with E-state index in [1.54, 1.807) is 7.11 Å². The standard InChI is InChI=1S/C16H24N2O2/c1-11-7-8-17-12(2)16(11)18-15(19)10-13-5-4-6-14(9-13)20-3/h4-6,9,11-12,16-17H,7-8,10H2,1-3H3,(H,18,19). The summed E-state index contributed by atoms with van der Waals surface area (Å²) in [6.45, 7) is 5.37. The number of hydrogen-bond donors (Lipinski definition) is 2. The first kappa shape index (κ1) is 14.9. The number of benzene rings is 1. The molecular weight excluding hydrogens is 252 g/mol. The van der Waals surface area contributed by atoms with Gasteiger partial charge in [-0.3, -0.25) is 4.79 Å². The maximum Gasteiger partial charge on any atom is 0.224 e. The lowest BCUT2D eigenvalue weighted by Gasteiger charge is -2.36. The van der Waals surface area contributed by atoms with Gasteiger partial charge in [0.1, 0.15) is 5.75 Å². The summed E-state index contributed by atoms with van der Waals surface area (Å²) in [4.78, 5) is 12.2. The molecule has 1 aromatic rings. The van der Waals surface area contributed by atoms with Crippen molar-refractivity contribution in [3.63, 3.8) is 0 Å². The number of ether oxygens (including phenoxy) is 1. The Morgan fingerprint density at radius 3 is 2.95 bits per heavy atom. The van der Waals surface area contributed by atoms with E-state index < -0.39 is 0 Å². The molecule has 0 bridgehead atoms. The summed E-state index contributed by atoms with van der Waals surface area (Å²) in [6, 6.07) is 8.19. The highest BCUT2D eigenvalue weighted by Crippen LogP contribution is 2.17. The van der Waals surface area contributed by atoms with Gasteiger partial charge in [0.05, 0.1) is 13.5 Å². The number of hydrogen-bond acceptors (Lipinski definition) is 3. The number of nitrogens with one attached hydrogen (secondary N) is 2. The molecule has 0 aromatic heterocycles. The first-order valence-corrected chi connectivity index (χ1v) is 7.26. The molecule has 2 rings (SSSR count). The van der Waals surface area contributed by atoms with Gasteiger partial charge < -0.3 is 15.4 Å². The van der Waals surface area contributed by atoms with E-state index >= 15 is 0 Å². The van der Waals surface area contributed by atoms with Crippen molar-refractivity contribution in [1.29, 1.82) is 0 Å². The van der Waals surface area contributed by atoms with Gasteiger partial charge in [-0.05, 0) is 43.5 Å². The number of carbonyl (C=O) groups excluding carboxylic acids is 1. The van der Waals surface area contributed by atoms with Crippen molar-refractivity contribution in [1.82, 2.24) is 10.6 Å². The van der Waals surface area contributed by atoms with Crippen LogP contribution in [-0.2, 0) is 11.2 Å². The molecule has 3 unspecified atom stereocenters. The Labute approximate surface area is 120 Å². The zero-order chi connectivity index (χ0) is 14.5. The summed E-state index contributed by atoms with van der Waals surface area (Å²) in [6.07, 6.45) is 1.50. The summed E-state index contributed by atoms with van der Waals surface area (Å²) in [5.74, 6) is 1.38. The van der Waals surface area contributed by atoms with E-state index in [-0.39, 0.29) is 11.9 Å². The molecule has 1 saturated heterocycles. The topological polar surface area (TPSA) is 50.4 Å². The third-order valence-electron chi connectivity index (χ3n) is 4.04. The minimum Gasteiger partial charge on any atom is -0.497 e. The minimum absolute atomic E-state index is 0.0747. The van der Waals surface area contributed by atoms with Crippen LogP contribution in [0.25, 0.3) is 0 Å². The summed E-state index contributed by atoms with van der Waals surface area (Å²) < 4.78 is 5.18. The average Bonchev–Trinajstić information content (AvgIpc) is 2.43. The Hall–Kier alpha value is -1.55. The highest BCUT2D eigenvalue weighted by atomic mass is 16.5. The smallest absolute Gasteiger partial charge is 0.224 e. The van der Waals surface area contributed by atoms with Crippen LogP contribution in [0, 0.1) is 5.92 Å². The van der Waals surface area contributed by atoms with Crippen LogP contribution in [0.4, 0.5) is 0 Å². The van der Waals surface area contributed by atoms with Crippen LogP contribution in [-0.4, -0.2) is 31.6 Å². The number of methoxy groups -OCH3 is 1. The molecule has 3 atom stereocenters. The van der Waals surface area contributed by atoms with Gasteiger partial charge in [-0.25, -0.2) is 0 Å². The molecule has 2 N–H and O–H groups in total. The fraction of sp³-hybridized carbons (Fsp3) is 0.562. The summed E-state index contributed by atoms with van der Waals surface area (Å²) in [5, 5.41) is 6.58. The lowest BCUT2D eigenvalue weighted by Crippen LogP contribution is -2.56. The first-order chi connectivity index (χ1) is 9.60. The molecule has 20 heavy (non-hydrogen) atoms. The van der Waals surface area contributed by atoms with Gasteiger partial charge in [-0.2, -0.15) is 0 Å². The third kappa shape index (κ3) is 3.73. The molecule has 1 aromatic carbocycles. The zero-order valence-corrected chi connectivity index (χ0v) is 12.5. The summed E-state index contributed by atoms with van der Waals surface area (Å²) in [5.41, 5.74) is 0.978. The lowest BCUT2D eigenvalue weighted by molar-refractivity contribution is -0.121. The van der Waals surface area contributed by atoms with Crippen molar-refractivity contribution in [2.75, 3.05) is 13.7 Å². The maximum absolute atomic E-state index is 12.2. The van der Waals surface area contributed by atoms with Crippen molar-refractivity contribution >= 4 is 5.91 Å². The Balaban J connectivity index is 1.94. The molecule has 1 amide bonds. The Morgan fingerprint density at radius 1 is 1.45 bits per heavy atom. The van der Waals surface area contributed by atoms with E-state index in [4.69, 9.17) is 4.74 Å². The SMILES string of the molecule is COc1cccc(CC(=O)NC2C(C)CCNC2C)c1. The molecule has 1 fully saturated rings. The Morgan fingerprint density at radius 2 is 2.25 bits per heavy atom. The van der Waals surface area contributed by atoms with Crippen molar-refractivity contribution < 1.29 is 9.53 Å². The van der Waals surface area contributed by atoms with Crippen LogP contribution in [0.5, 0.6) is 5.75 Å². The normalized spacial score (nSPS) is 26.1. The molecule has 0 spiro atoms. The van der Waals surface area contributed by atoms with Crippen molar-refractivity contribution in [2.24, 2.45) is 5.92 Å². The van der Waals surface area contributed by atoms with E-state index in [1.807, 2.05) is 24.3 Å². The van der Waals surface area contributed by atoms with E-state index in [9.17, 15) is 4.79 Å². The number of carbonyl (C=O) groups is 1. The van der Waals surface area contributed by atoms with Crippen LogP contribution >= 0.6 is 0 Å². The molecule has 0 aliphatic carbocycles. The third-order valence-corrected chi connectivity index (χ3v) is 4.04. The minimum atomic E-state index is 0.0747. The second-order valence-corrected chi connectivity index (χ2v) is 5.63. The van der Waals surface area contributed by atoms with Crippen LogP contribution in [0.3, 0.4) is 0 Å². The molecule has 0 saturated carbocycles. The largest absolute Gasteiger partial charge is 0.497 e. The second kappa shape index (κ2) is 6.75. The molecule has 0 radical (unpaired) electrons. The summed E-state index contributed by atoms with van der Waals surface area (Å²) in [7, 11) is 1.64. The van der Waals surface area contributed by atoms with E-state index in [2.05, 4.69) is 24.5 Å². The van der Waals surface area contributed by atoms with Gasteiger partial charge in [-0.1, -0.05) is 19.1 Å². The lowest BCUT2D eigenvalue weighted by atomic mass is 9.89. The van der Waals surface area contributed by atoms with Gasteiger partial charge >= 0.3 is 0 Å². The van der Waals surface area contributed by atoms with Crippen molar-refractivity contribution in [3.05, 3.63) is 29.8 Å². The zero-order valence-electron chi connectivity index (χ0n) is 12.5. The maximum atomic E-state index is 12.2. The van der Waals surface area contributed by atoms with Gasteiger partial charge in [0.2, 0.25) is 5.91 Å². The molecule has 4 heteroatoms. The van der Waals surface area contributed by atoms with Crippen LogP contribution in [0.1, 0.15) is 25.8 Å². The van der Waals surface area contributed by atoms with Crippen molar-refractivity contribution in [2.45, 2.75) is 38.8 Å². The van der Waals surface area contributed by atoms with Crippen LogP contribution in [0.2, 0.25) is 0 Å². The molecule has 1 aliphatic rings. The molecular formula is C16H24N2O2. The van der Waals surface area contributed by atoms with E-state index in [1.165, 1.54) is 0 Å². The van der Waals surface area contributed by atoms with Crippen LogP contribution < -0.4 is 15.4 Å². The average molecular weight is 276 g/mol. The van der Waals surface area contributed by atoms with Gasteiger partial charge in [0, 0.05) is 12.1 Å². The van der Waals surface area contributed by atoms with Crippen molar-refractivity contribution in [3.8, 4) is 5.75 Å². The Bertz CT molecular complexity index is 452. The second-order valence-electron chi connectivity index (χ2n) is 5.63. The highest BCUT2D eigenvalue weighted by molar-refractivity contribution is 5.79. The van der Waals surface area contributed by atoms with Gasteiger partial charge in [0.25, 0.3) is 0 Å². The molecule has 110 valence electrons.